The predicted octanol–water partition coefficient (Wildman–Crippen LogP) is 2.01. The number of pyridine rings is 1. The third-order valence-electron chi connectivity index (χ3n) is 4.01. The van der Waals surface area contributed by atoms with E-state index in [1.54, 1.807) is 13.2 Å². The zero-order valence-electron chi connectivity index (χ0n) is 15.3. The van der Waals surface area contributed by atoms with Crippen LogP contribution in [0.25, 0.3) is 0 Å². The maximum Gasteiger partial charge on any atom is 0.221 e. The molecule has 0 bridgehead atoms. The van der Waals surface area contributed by atoms with E-state index in [1.165, 1.54) is 0 Å². The van der Waals surface area contributed by atoms with Crippen LogP contribution >= 0.6 is 35.6 Å². The van der Waals surface area contributed by atoms with Crippen molar-refractivity contribution in [2.24, 2.45) is 4.99 Å². The summed E-state index contributed by atoms with van der Waals surface area (Å²) in [4.78, 5) is 22.4. The van der Waals surface area contributed by atoms with Gasteiger partial charge in [0.05, 0.1) is 5.02 Å². The van der Waals surface area contributed by atoms with E-state index in [9.17, 15) is 4.79 Å². The van der Waals surface area contributed by atoms with E-state index in [1.807, 2.05) is 19.1 Å². The largest absolute Gasteiger partial charge is 0.356 e. The second-order valence-corrected chi connectivity index (χ2v) is 6.39. The average molecular weight is 495 g/mol. The van der Waals surface area contributed by atoms with Gasteiger partial charge in [-0.3, -0.25) is 9.79 Å². The monoisotopic (exact) mass is 494 g/mol. The Bertz CT molecular complexity index is 600. The fourth-order valence-corrected chi connectivity index (χ4v) is 2.96. The summed E-state index contributed by atoms with van der Waals surface area (Å²) in [5, 5.41) is 10.1. The van der Waals surface area contributed by atoms with Gasteiger partial charge in [-0.25, -0.2) is 4.98 Å². The number of amides is 1. The average Bonchev–Trinajstić information content (AvgIpc) is 3.07. The number of halogens is 2. The van der Waals surface area contributed by atoms with Crippen LogP contribution in [-0.4, -0.2) is 56.1 Å². The van der Waals surface area contributed by atoms with Crippen molar-refractivity contribution >= 4 is 53.3 Å². The number of hydrogen-bond acceptors (Lipinski definition) is 4. The van der Waals surface area contributed by atoms with Gasteiger partial charge in [0.1, 0.15) is 5.82 Å². The van der Waals surface area contributed by atoms with Gasteiger partial charge in [-0.1, -0.05) is 18.5 Å². The lowest BCUT2D eigenvalue weighted by Crippen LogP contribution is -2.45. The van der Waals surface area contributed by atoms with Gasteiger partial charge in [-0.15, -0.1) is 24.0 Å². The minimum Gasteiger partial charge on any atom is -0.356 e. The van der Waals surface area contributed by atoms with Crippen LogP contribution < -0.4 is 20.9 Å². The first-order valence-electron chi connectivity index (χ1n) is 8.73. The van der Waals surface area contributed by atoms with Crippen molar-refractivity contribution < 1.29 is 4.79 Å². The van der Waals surface area contributed by atoms with E-state index in [0.717, 1.165) is 38.3 Å². The van der Waals surface area contributed by atoms with Crippen LogP contribution in [0.3, 0.4) is 0 Å². The Labute approximate surface area is 177 Å². The third kappa shape index (κ3) is 7.14. The van der Waals surface area contributed by atoms with Crippen LogP contribution in [0.15, 0.2) is 23.3 Å². The molecule has 3 N–H and O–H groups in total. The van der Waals surface area contributed by atoms with Gasteiger partial charge in [0.25, 0.3) is 0 Å². The van der Waals surface area contributed by atoms with E-state index in [-0.39, 0.29) is 35.9 Å². The minimum atomic E-state index is 0. The van der Waals surface area contributed by atoms with Gasteiger partial charge < -0.3 is 20.9 Å². The van der Waals surface area contributed by atoms with Gasteiger partial charge in [0.15, 0.2) is 5.96 Å². The SMILES string of the molecule is CCCNC(=O)CCNC(=NC)NC1CCN(c2ncccc2Cl)C1.I. The first-order valence-corrected chi connectivity index (χ1v) is 9.11. The Balaban J connectivity index is 0.00000338. The van der Waals surface area contributed by atoms with Gasteiger partial charge in [0.2, 0.25) is 5.91 Å². The lowest BCUT2D eigenvalue weighted by molar-refractivity contribution is -0.120. The Kier molecular flexibility index (Phi) is 10.6. The fraction of sp³-hybridized carbons (Fsp3) is 0.588. The second kappa shape index (κ2) is 12.2. The Hall–Kier alpha value is -1.29. The zero-order chi connectivity index (χ0) is 18.1. The smallest absolute Gasteiger partial charge is 0.221 e. The minimum absolute atomic E-state index is 0. The lowest BCUT2D eigenvalue weighted by Gasteiger charge is -2.20. The van der Waals surface area contributed by atoms with Crippen molar-refractivity contribution in [2.45, 2.75) is 32.2 Å². The molecule has 1 saturated heterocycles. The van der Waals surface area contributed by atoms with Crippen LogP contribution in [0.4, 0.5) is 5.82 Å². The number of nitrogens with one attached hydrogen (secondary N) is 3. The molecular weight excluding hydrogens is 467 g/mol. The fourth-order valence-electron chi connectivity index (χ4n) is 2.72. The second-order valence-electron chi connectivity index (χ2n) is 5.98. The Morgan fingerprint density at radius 2 is 2.23 bits per heavy atom. The third-order valence-corrected chi connectivity index (χ3v) is 4.30. The lowest BCUT2D eigenvalue weighted by atomic mass is 10.3. The quantitative estimate of drug-likeness (QED) is 0.307. The highest BCUT2D eigenvalue weighted by molar-refractivity contribution is 14.0. The summed E-state index contributed by atoms with van der Waals surface area (Å²) in [7, 11) is 1.73. The number of carbonyl (C=O) groups excluding carboxylic acids is 1. The molecule has 0 radical (unpaired) electrons. The highest BCUT2D eigenvalue weighted by Crippen LogP contribution is 2.25. The molecule has 26 heavy (non-hydrogen) atoms. The molecule has 1 aliphatic rings. The number of nitrogens with zero attached hydrogens (tertiary/aromatic N) is 3. The number of anilines is 1. The van der Waals surface area contributed by atoms with Crippen molar-refractivity contribution in [3.05, 3.63) is 23.4 Å². The van der Waals surface area contributed by atoms with Crippen LogP contribution in [0.1, 0.15) is 26.2 Å². The molecule has 0 saturated carbocycles. The normalized spacial score (nSPS) is 16.8. The molecule has 1 aromatic heterocycles. The van der Waals surface area contributed by atoms with E-state index in [0.29, 0.717) is 23.9 Å². The maximum atomic E-state index is 11.6. The highest BCUT2D eigenvalue weighted by Gasteiger charge is 2.25. The number of hydrogen-bond donors (Lipinski definition) is 3. The molecular formula is C17H28ClIN6O. The summed E-state index contributed by atoms with van der Waals surface area (Å²) in [6.07, 6.45) is 4.11. The summed E-state index contributed by atoms with van der Waals surface area (Å²) in [5.41, 5.74) is 0. The van der Waals surface area contributed by atoms with Gasteiger partial charge in [-0.05, 0) is 25.0 Å². The first-order chi connectivity index (χ1) is 12.1. The van der Waals surface area contributed by atoms with Crippen molar-refractivity contribution in [3.8, 4) is 0 Å². The predicted molar refractivity (Wildman–Crippen MR) is 118 cm³/mol. The molecule has 9 heteroatoms. The van der Waals surface area contributed by atoms with Crippen molar-refractivity contribution in [1.29, 1.82) is 0 Å². The number of aliphatic imine (C=N–C) groups is 1. The van der Waals surface area contributed by atoms with Crippen LogP contribution in [0.5, 0.6) is 0 Å². The first kappa shape index (κ1) is 22.8. The van der Waals surface area contributed by atoms with E-state index in [2.05, 4.69) is 30.8 Å². The molecule has 1 aromatic rings. The molecule has 0 spiro atoms. The summed E-state index contributed by atoms with van der Waals surface area (Å²) in [6, 6.07) is 3.95. The zero-order valence-corrected chi connectivity index (χ0v) is 18.4. The van der Waals surface area contributed by atoms with Crippen LogP contribution in [-0.2, 0) is 4.79 Å². The molecule has 2 heterocycles. The standard InChI is InChI=1S/C17H27ClN6O.HI/c1-3-8-20-15(25)6-10-22-17(19-2)23-13-7-11-24(12-13)16-14(18)5-4-9-21-16;/h4-5,9,13H,3,6-8,10-12H2,1-2H3,(H,20,25)(H2,19,22,23);1H. The van der Waals surface area contributed by atoms with E-state index in [4.69, 9.17) is 11.6 Å². The Morgan fingerprint density at radius 3 is 2.92 bits per heavy atom. The highest BCUT2D eigenvalue weighted by atomic mass is 127. The van der Waals surface area contributed by atoms with Gasteiger partial charge in [0, 0.05) is 51.9 Å². The number of guanidine groups is 1. The molecule has 1 atom stereocenters. The molecule has 7 nitrogen and oxygen atoms in total. The van der Waals surface area contributed by atoms with Gasteiger partial charge >= 0.3 is 0 Å². The molecule has 0 aromatic carbocycles. The van der Waals surface area contributed by atoms with E-state index >= 15 is 0 Å². The number of aromatic nitrogens is 1. The maximum absolute atomic E-state index is 11.6. The van der Waals surface area contributed by atoms with E-state index < -0.39 is 0 Å². The van der Waals surface area contributed by atoms with Crippen molar-refractivity contribution in [1.82, 2.24) is 20.9 Å². The number of rotatable bonds is 7. The summed E-state index contributed by atoms with van der Waals surface area (Å²) < 4.78 is 0. The van der Waals surface area contributed by atoms with Crippen LogP contribution in [0.2, 0.25) is 5.02 Å². The summed E-state index contributed by atoms with van der Waals surface area (Å²) >= 11 is 6.22. The van der Waals surface area contributed by atoms with Gasteiger partial charge in [-0.2, -0.15) is 0 Å². The molecule has 1 aliphatic heterocycles. The molecule has 1 fully saturated rings. The summed E-state index contributed by atoms with van der Waals surface area (Å²) in [5.74, 6) is 1.59. The molecule has 2 rings (SSSR count). The molecule has 146 valence electrons. The topological polar surface area (TPSA) is 81.6 Å². The van der Waals surface area contributed by atoms with Crippen LogP contribution in [0, 0.1) is 0 Å². The van der Waals surface area contributed by atoms with Crippen molar-refractivity contribution in [3.63, 3.8) is 0 Å². The summed E-state index contributed by atoms with van der Waals surface area (Å²) in [6.45, 7) is 5.02. The molecule has 0 aliphatic carbocycles. The van der Waals surface area contributed by atoms with Crippen molar-refractivity contribution in [2.75, 3.05) is 38.1 Å². The Morgan fingerprint density at radius 1 is 1.42 bits per heavy atom. The molecule has 1 amide bonds. The number of carbonyl (C=O) groups is 1. The molecule has 1 unspecified atom stereocenters.